The highest BCUT2D eigenvalue weighted by atomic mass is 15.3. The van der Waals surface area contributed by atoms with E-state index in [4.69, 9.17) is 5.73 Å². The molecule has 0 spiro atoms. The van der Waals surface area contributed by atoms with Gasteiger partial charge < -0.3 is 16.0 Å². The van der Waals surface area contributed by atoms with Gasteiger partial charge in [-0.05, 0) is 42.2 Å². The number of nitrogens with one attached hydrogen (secondary N) is 1. The van der Waals surface area contributed by atoms with Crippen LogP contribution in [0.2, 0.25) is 0 Å². The van der Waals surface area contributed by atoms with Gasteiger partial charge >= 0.3 is 0 Å². The lowest BCUT2D eigenvalue weighted by molar-refractivity contribution is 0.136. The summed E-state index contributed by atoms with van der Waals surface area (Å²) in [4.78, 5) is 15.4. The molecule has 2 fully saturated rings. The van der Waals surface area contributed by atoms with Crippen molar-refractivity contribution in [2.24, 2.45) is 10.8 Å². The molecule has 132 valence electrons. The van der Waals surface area contributed by atoms with E-state index in [0.29, 0.717) is 28.4 Å². The number of fused-ring (bicyclic) bond motifs is 2. The first-order chi connectivity index (χ1) is 11.9. The van der Waals surface area contributed by atoms with Crippen molar-refractivity contribution < 1.29 is 0 Å². The molecule has 25 heavy (non-hydrogen) atoms. The molecule has 1 aliphatic heterocycles. The van der Waals surface area contributed by atoms with Crippen LogP contribution in [0.15, 0.2) is 30.9 Å². The fourth-order valence-electron chi connectivity index (χ4n) is 5.00. The van der Waals surface area contributed by atoms with Crippen LogP contribution in [0, 0.1) is 10.8 Å². The standard InChI is InChI=1S/C19H26N6/c1-18(2)7-14-8-19(3,10-18)11-25(14)17-15(20)16(22-12-23-17)24-13-5-4-6-21-9-13/h4-6,9,12,14H,7-8,10-11,20H2,1-3H3,(H,22,23,24). The van der Waals surface area contributed by atoms with Crippen molar-refractivity contribution in [1.82, 2.24) is 15.0 Å². The lowest BCUT2D eigenvalue weighted by Crippen LogP contribution is -2.35. The van der Waals surface area contributed by atoms with E-state index >= 15 is 0 Å². The highest BCUT2D eigenvalue weighted by molar-refractivity contribution is 5.78. The Morgan fingerprint density at radius 3 is 2.84 bits per heavy atom. The Hall–Kier alpha value is -2.37. The molecule has 2 bridgehead atoms. The average Bonchev–Trinajstić information content (AvgIpc) is 2.79. The Balaban J connectivity index is 1.65. The second kappa shape index (κ2) is 5.58. The smallest absolute Gasteiger partial charge is 0.159 e. The molecule has 3 heterocycles. The van der Waals surface area contributed by atoms with Crippen LogP contribution in [0.4, 0.5) is 23.0 Å². The van der Waals surface area contributed by atoms with Gasteiger partial charge in [0.25, 0.3) is 0 Å². The maximum absolute atomic E-state index is 6.45. The number of rotatable bonds is 3. The van der Waals surface area contributed by atoms with Crippen LogP contribution in [-0.4, -0.2) is 27.5 Å². The van der Waals surface area contributed by atoms with Gasteiger partial charge in [-0.1, -0.05) is 20.8 Å². The van der Waals surface area contributed by atoms with Crippen LogP contribution in [0.5, 0.6) is 0 Å². The van der Waals surface area contributed by atoms with Crippen molar-refractivity contribution in [3.8, 4) is 0 Å². The van der Waals surface area contributed by atoms with E-state index in [1.54, 1.807) is 18.7 Å². The van der Waals surface area contributed by atoms with Gasteiger partial charge in [0.1, 0.15) is 12.0 Å². The molecule has 2 unspecified atom stereocenters. The number of pyridine rings is 1. The first-order valence-electron chi connectivity index (χ1n) is 8.89. The zero-order valence-corrected chi connectivity index (χ0v) is 15.2. The Labute approximate surface area is 148 Å². The Bertz CT molecular complexity index is 775. The van der Waals surface area contributed by atoms with Crippen LogP contribution in [0.1, 0.15) is 40.0 Å². The van der Waals surface area contributed by atoms with Crippen LogP contribution in [-0.2, 0) is 0 Å². The van der Waals surface area contributed by atoms with Crippen LogP contribution < -0.4 is 16.0 Å². The van der Waals surface area contributed by atoms with E-state index in [0.717, 1.165) is 18.1 Å². The molecule has 1 saturated heterocycles. The molecule has 0 radical (unpaired) electrons. The fraction of sp³-hybridized carbons (Fsp3) is 0.526. The maximum atomic E-state index is 6.45. The van der Waals surface area contributed by atoms with Gasteiger partial charge in [0, 0.05) is 18.8 Å². The van der Waals surface area contributed by atoms with Gasteiger partial charge in [0.2, 0.25) is 0 Å². The summed E-state index contributed by atoms with van der Waals surface area (Å²) in [5, 5.41) is 3.26. The molecule has 2 aliphatic rings. The van der Waals surface area contributed by atoms with Crippen LogP contribution >= 0.6 is 0 Å². The van der Waals surface area contributed by atoms with E-state index in [1.165, 1.54) is 19.3 Å². The van der Waals surface area contributed by atoms with Gasteiger partial charge in [-0.3, -0.25) is 4.98 Å². The average molecular weight is 338 g/mol. The quantitative estimate of drug-likeness (QED) is 0.890. The normalized spacial score (nSPS) is 27.3. The van der Waals surface area contributed by atoms with E-state index in [-0.39, 0.29) is 0 Å². The largest absolute Gasteiger partial charge is 0.393 e. The third-order valence-corrected chi connectivity index (χ3v) is 5.47. The number of anilines is 4. The second-order valence-electron chi connectivity index (χ2n) is 8.67. The topological polar surface area (TPSA) is 80.0 Å². The fourth-order valence-corrected chi connectivity index (χ4v) is 5.00. The Morgan fingerprint density at radius 1 is 1.24 bits per heavy atom. The van der Waals surface area contributed by atoms with Crippen molar-refractivity contribution in [3.05, 3.63) is 30.9 Å². The minimum Gasteiger partial charge on any atom is -0.393 e. The van der Waals surface area contributed by atoms with Crippen molar-refractivity contribution in [3.63, 3.8) is 0 Å². The molecule has 1 saturated carbocycles. The summed E-state index contributed by atoms with van der Waals surface area (Å²) in [7, 11) is 0. The summed E-state index contributed by atoms with van der Waals surface area (Å²) in [5.74, 6) is 1.50. The molecular weight excluding hydrogens is 312 g/mol. The Morgan fingerprint density at radius 2 is 2.08 bits per heavy atom. The molecule has 1 aliphatic carbocycles. The summed E-state index contributed by atoms with van der Waals surface area (Å²) >= 11 is 0. The molecule has 2 aromatic heterocycles. The van der Waals surface area contributed by atoms with Gasteiger partial charge in [0.15, 0.2) is 11.6 Å². The summed E-state index contributed by atoms with van der Waals surface area (Å²) in [5.41, 5.74) is 8.63. The molecule has 6 nitrogen and oxygen atoms in total. The van der Waals surface area contributed by atoms with Gasteiger partial charge in [0.05, 0.1) is 11.9 Å². The molecule has 0 aromatic carbocycles. The zero-order valence-electron chi connectivity index (χ0n) is 15.2. The molecule has 2 atom stereocenters. The number of nitrogens with zero attached hydrogens (tertiary/aromatic N) is 4. The van der Waals surface area contributed by atoms with E-state index in [9.17, 15) is 0 Å². The van der Waals surface area contributed by atoms with Crippen LogP contribution in [0.25, 0.3) is 0 Å². The highest BCUT2D eigenvalue weighted by Gasteiger charge is 2.50. The van der Waals surface area contributed by atoms with Gasteiger partial charge in [-0.25, -0.2) is 9.97 Å². The van der Waals surface area contributed by atoms with Gasteiger partial charge in [-0.2, -0.15) is 0 Å². The van der Waals surface area contributed by atoms with E-state index in [2.05, 4.69) is 45.9 Å². The third kappa shape index (κ3) is 3.01. The van der Waals surface area contributed by atoms with Crippen molar-refractivity contribution in [2.45, 2.75) is 46.1 Å². The molecule has 3 N–H and O–H groups in total. The van der Waals surface area contributed by atoms with Crippen molar-refractivity contribution in [1.29, 1.82) is 0 Å². The first kappa shape index (κ1) is 16.1. The highest BCUT2D eigenvalue weighted by Crippen LogP contribution is 2.53. The van der Waals surface area contributed by atoms with E-state index in [1.807, 2.05) is 12.1 Å². The number of hydrogen-bond acceptors (Lipinski definition) is 6. The number of hydrogen-bond donors (Lipinski definition) is 2. The Kier molecular flexibility index (Phi) is 3.60. The molecule has 4 rings (SSSR count). The summed E-state index contributed by atoms with van der Waals surface area (Å²) in [6.07, 6.45) is 8.74. The van der Waals surface area contributed by atoms with Gasteiger partial charge in [-0.15, -0.1) is 0 Å². The molecular formula is C19H26N6. The lowest BCUT2D eigenvalue weighted by Gasteiger charge is -2.39. The predicted octanol–water partition coefficient (Wildman–Crippen LogP) is 3.60. The molecule has 6 heteroatoms. The van der Waals surface area contributed by atoms with E-state index < -0.39 is 0 Å². The number of nitrogen functional groups attached to an aromatic ring is 1. The SMILES string of the molecule is CC1(C)CC2CC(C)(CN2c2ncnc(Nc3cccnc3)c2N)C1. The van der Waals surface area contributed by atoms with Crippen molar-refractivity contribution in [2.75, 3.05) is 22.5 Å². The van der Waals surface area contributed by atoms with Crippen LogP contribution in [0.3, 0.4) is 0 Å². The van der Waals surface area contributed by atoms with Crippen molar-refractivity contribution >= 4 is 23.0 Å². The summed E-state index contributed by atoms with van der Waals surface area (Å²) < 4.78 is 0. The summed E-state index contributed by atoms with van der Waals surface area (Å²) in [6, 6.07) is 4.32. The predicted molar refractivity (Wildman–Crippen MR) is 101 cm³/mol. The third-order valence-electron chi connectivity index (χ3n) is 5.47. The minimum atomic E-state index is 0.334. The molecule has 0 amide bonds. The zero-order chi connectivity index (χ0) is 17.7. The maximum Gasteiger partial charge on any atom is 0.159 e. The second-order valence-corrected chi connectivity index (χ2v) is 8.67. The summed E-state index contributed by atoms with van der Waals surface area (Å²) in [6.45, 7) is 8.15. The first-order valence-corrected chi connectivity index (χ1v) is 8.89. The minimum absolute atomic E-state index is 0.334. The monoisotopic (exact) mass is 338 g/mol. The number of nitrogens with two attached hydrogens (primary N) is 1. The molecule has 2 aromatic rings. The number of aromatic nitrogens is 3. The lowest BCUT2D eigenvalue weighted by atomic mass is 9.65.